The number of oxazole rings is 1. The van der Waals surface area contributed by atoms with Gasteiger partial charge >= 0.3 is 11.9 Å². The number of nitrogens with zero attached hydrogens (tertiary/aromatic N) is 1. The van der Waals surface area contributed by atoms with Crippen LogP contribution in [-0.4, -0.2) is 22.7 Å². The lowest BCUT2D eigenvalue weighted by Crippen LogP contribution is -2.48. The van der Waals surface area contributed by atoms with Crippen molar-refractivity contribution in [2.45, 2.75) is 50.9 Å². The van der Waals surface area contributed by atoms with E-state index in [1.807, 2.05) is 6.92 Å². The second kappa shape index (κ2) is 4.49. The van der Waals surface area contributed by atoms with Crippen LogP contribution in [0.2, 0.25) is 0 Å². The maximum Gasteiger partial charge on any atom is 0.362 e. The topological polar surface area (TPSA) is 72.6 Å². The molecule has 5 heteroatoms. The first kappa shape index (κ1) is 13.2. The predicted molar refractivity (Wildman–Crippen MR) is 74.5 cm³/mol. The number of aromatic nitrogens is 1. The molecular weight excluding hydrogens is 270 g/mol. The van der Waals surface area contributed by atoms with Crippen molar-refractivity contribution in [3.63, 3.8) is 0 Å². The highest BCUT2D eigenvalue weighted by atomic mass is 16.6. The van der Waals surface area contributed by atoms with Gasteiger partial charge in [0.25, 0.3) is 0 Å². The van der Waals surface area contributed by atoms with Gasteiger partial charge in [-0.1, -0.05) is 0 Å². The molecule has 1 heterocycles. The summed E-state index contributed by atoms with van der Waals surface area (Å²) in [6.45, 7) is 2.20. The van der Waals surface area contributed by atoms with E-state index in [-0.39, 0.29) is 17.1 Å². The molecular formula is C16H21NO4. The third-order valence-electron chi connectivity index (χ3n) is 5.57. The van der Waals surface area contributed by atoms with Crippen LogP contribution in [0.1, 0.15) is 61.8 Å². The Morgan fingerprint density at radius 3 is 2.33 bits per heavy atom. The molecule has 5 rings (SSSR count). The molecule has 4 aliphatic rings. The zero-order chi connectivity index (χ0) is 14.6. The maximum atomic E-state index is 11.3. The smallest absolute Gasteiger partial charge is 0.362 e. The van der Waals surface area contributed by atoms with Crippen molar-refractivity contribution in [3.8, 4) is 5.95 Å². The summed E-state index contributed by atoms with van der Waals surface area (Å²) in [5, 5.41) is 9.28. The molecule has 0 spiro atoms. The average molecular weight is 291 g/mol. The molecule has 4 aliphatic carbocycles. The second-order valence-electron chi connectivity index (χ2n) is 7.09. The van der Waals surface area contributed by atoms with Crippen molar-refractivity contribution >= 4 is 5.97 Å². The third-order valence-corrected chi connectivity index (χ3v) is 5.57. The van der Waals surface area contributed by atoms with Crippen molar-refractivity contribution in [1.82, 2.24) is 4.98 Å². The minimum Gasteiger partial charge on any atom is -0.476 e. The summed E-state index contributed by atoms with van der Waals surface area (Å²) < 4.78 is 11.1. The summed E-state index contributed by atoms with van der Waals surface area (Å²) in [6, 6.07) is 0. The fraction of sp³-hybridized carbons (Fsp3) is 0.750. The van der Waals surface area contributed by atoms with Crippen molar-refractivity contribution in [2.75, 3.05) is 6.61 Å². The largest absolute Gasteiger partial charge is 0.476 e. The van der Waals surface area contributed by atoms with Crippen molar-refractivity contribution in [1.29, 1.82) is 0 Å². The number of hydrogen-bond donors (Lipinski definition) is 1. The van der Waals surface area contributed by atoms with Gasteiger partial charge in [0.05, 0.1) is 6.61 Å². The number of carboxylic acid groups (broad SMARTS) is 1. The fourth-order valence-corrected chi connectivity index (χ4v) is 5.27. The summed E-state index contributed by atoms with van der Waals surface area (Å²) in [5.74, 6) is 1.93. The predicted octanol–water partition coefficient (Wildman–Crippen LogP) is 3.24. The van der Waals surface area contributed by atoms with Crippen LogP contribution in [0, 0.1) is 17.8 Å². The molecule has 0 atom stereocenters. The molecule has 0 aliphatic heterocycles. The molecule has 4 fully saturated rings. The van der Waals surface area contributed by atoms with Gasteiger partial charge in [0.2, 0.25) is 11.6 Å². The Kier molecular flexibility index (Phi) is 2.81. The van der Waals surface area contributed by atoms with Crippen LogP contribution < -0.4 is 4.74 Å². The molecule has 1 aromatic rings. The zero-order valence-corrected chi connectivity index (χ0v) is 12.3. The number of ether oxygens (including phenoxy) is 1. The molecule has 0 radical (unpaired) electrons. The van der Waals surface area contributed by atoms with Crippen LogP contribution in [0.4, 0.5) is 0 Å². The molecule has 0 saturated heterocycles. The molecule has 4 saturated carbocycles. The highest BCUT2D eigenvalue weighted by Gasteiger charge is 2.54. The van der Waals surface area contributed by atoms with E-state index in [0.717, 1.165) is 37.0 Å². The van der Waals surface area contributed by atoms with Gasteiger partial charge in [-0.25, -0.2) is 9.78 Å². The van der Waals surface area contributed by atoms with Gasteiger partial charge < -0.3 is 14.3 Å². The van der Waals surface area contributed by atoms with E-state index in [4.69, 9.17) is 9.15 Å². The first-order valence-electron chi connectivity index (χ1n) is 7.97. The summed E-state index contributed by atoms with van der Waals surface area (Å²) >= 11 is 0. The lowest BCUT2D eigenvalue weighted by molar-refractivity contribution is -0.0190. The highest BCUT2D eigenvalue weighted by molar-refractivity contribution is 5.87. The summed E-state index contributed by atoms with van der Waals surface area (Å²) in [5.41, 5.74) is -0.100. The molecule has 5 nitrogen and oxygen atoms in total. The second-order valence-corrected chi connectivity index (χ2v) is 7.09. The Bertz CT molecular complexity index is 542. The Balaban J connectivity index is 1.73. The van der Waals surface area contributed by atoms with Gasteiger partial charge in [-0.15, -0.1) is 0 Å². The molecule has 4 bridgehead atoms. The fourth-order valence-electron chi connectivity index (χ4n) is 5.27. The Morgan fingerprint density at radius 2 is 1.86 bits per heavy atom. The van der Waals surface area contributed by atoms with Gasteiger partial charge in [-0.3, -0.25) is 0 Å². The Hall–Kier alpha value is -1.52. The van der Waals surface area contributed by atoms with E-state index >= 15 is 0 Å². The number of rotatable bonds is 4. The van der Waals surface area contributed by atoms with Crippen LogP contribution in [0.3, 0.4) is 0 Å². The number of carbonyl (C=O) groups is 1. The van der Waals surface area contributed by atoms with Crippen molar-refractivity contribution in [2.24, 2.45) is 17.8 Å². The van der Waals surface area contributed by atoms with Crippen LogP contribution in [0.15, 0.2) is 4.42 Å². The molecule has 21 heavy (non-hydrogen) atoms. The van der Waals surface area contributed by atoms with E-state index in [0.29, 0.717) is 12.5 Å². The monoisotopic (exact) mass is 291 g/mol. The lowest BCUT2D eigenvalue weighted by Gasteiger charge is -2.55. The Morgan fingerprint density at radius 1 is 1.29 bits per heavy atom. The van der Waals surface area contributed by atoms with Crippen molar-refractivity contribution < 1.29 is 19.1 Å². The molecule has 1 aromatic heterocycles. The van der Waals surface area contributed by atoms with Crippen LogP contribution in [0.25, 0.3) is 0 Å². The standard InChI is InChI=1S/C16H21NO4/c1-2-20-14-12(13(18)19)17-15(21-14)16-6-9-3-10(7-16)5-11(4-9)8-16/h9-11H,2-8H2,1H3,(H,18,19). The highest BCUT2D eigenvalue weighted by Crippen LogP contribution is 2.60. The number of hydrogen-bond acceptors (Lipinski definition) is 4. The minimum atomic E-state index is -1.07. The van der Waals surface area contributed by atoms with Gasteiger partial charge in [0.1, 0.15) is 0 Å². The van der Waals surface area contributed by atoms with Gasteiger partial charge in [-0.2, -0.15) is 0 Å². The molecule has 1 N–H and O–H groups in total. The average Bonchev–Trinajstić information content (AvgIpc) is 2.82. The number of aromatic carboxylic acids is 1. The zero-order valence-electron chi connectivity index (χ0n) is 12.3. The molecule has 0 unspecified atom stereocenters. The van der Waals surface area contributed by atoms with Crippen LogP contribution >= 0.6 is 0 Å². The van der Waals surface area contributed by atoms with E-state index < -0.39 is 5.97 Å². The summed E-state index contributed by atoms with van der Waals surface area (Å²) in [6.07, 6.45) is 7.32. The van der Waals surface area contributed by atoms with Gasteiger partial charge in [0.15, 0.2) is 0 Å². The lowest BCUT2D eigenvalue weighted by atomic mass is 9.49. The maximum absolute atomic E-state index is 11.3. The SMILES string of the molecule is CCOc1oc(C23CC4CC(CC(C4)C2)C3)nc1C(=O)O. The first-order chi connectivity index (χ1) is 10.1. The Labute approximate surface area is 123 Å². The van der Waals surface area contributed by atoms with E-state index in [1.54, 1.807) is 0 Å². The number of carboxylic acids is 1. The molecule has 0 aromatic carbocycles. The van der Waals surface area contributed by atoms with Gasteiger partial charge in [-0.05, 0) is 63.2 Å². The van der Waals surface area contributed by atoms with E-state index in [1.165, 1.54) is 19.3 Å². The van der Waals surface area contributed by atoms with Crippen LogP contribution in [0.5, 0.6) is 5.95 Å². The summed E-state index contributed by atoms with van der Waals surface area (Å²) in [7, 11) is 0. The first-order valence-corrected chi connectivity index (χ1v) is 7.97. The minimum absolute atomic E-state index is 0.0334. The van der Waals surface area contributed by atoms with Crippen LogP contribution in [-0.2, 0) is 5.41 Å². The summed E-state index contributed by atoms with van der Waals surface area (Å²) in [4.78, 5) is 15.7. The molecule has 114 valence electrons. The normalized spacial score (nSPS) is 36.9. The third kappa shape index (κ3) is 1.97. The van der Waals surface area contributed by atoms with Gasteiger partial charge in [0, 0.05) is 5.41 Å². The van der Waals surface area contributed by atoms with E-state index in [9.17, 15) is 9.90 Å². The van der Waals surface area contributed by atoms with Crippen molar-refractivity contribution in [3.05, 3.63) is 11.6 Å². The quantitative estimate of drug-likeness (QED) is 0.922. The van der Waals surface area contributed by atoms with E-state index in [2.05, 4.69) is 4.98 Å². The molecule has 0 amide bonds.